The quantitative estimate of drug-likeness (QED) is 0.651. The zero-order valence-corrected chi connectivity index (χ0v) is 12.4. The van der Waals surface area contributed by atoms with Crippen LogP contribution in [0.15, 0.2) is 0 Å². The molecule has 0 N–H and O–H groups in total. The predicted molar refractivity (Wildman–Crippen MR) is 69.5 cm³/mol. The molecule has 84 valence electrons. The largest absolute Gasteiger partial charge is 0.309 e. The van der Waals surface area contributed by atoms with E-state index in [1.54, 1.807) is 0 Å². The van der Waals surface area contributed by atoms with Crippen molar-refractivity contribution in [1.29, 1.82) is 0 Å². The second kappa shape index (κ2) is 3.54. The van der Waals surface area contributed by atoms with Crippen molar-refractivity contribution in [3.8, 4) is 0 Å². The van der Waals surface area contributed by atoms with Crippen LogP contribution in [0.25, 0.3) is 11.3 Å². The Bertz CT molecular complexity index is 595. The third-order valence-electron chi connectivity index (χ3n) is 2.48. The second-order valence-electron chi connectivity index (χ2n) is 3.49. The molecule has 0 saturated heterocycles. The fourth-order valence-electron chi connectivity index (χ4n) is 1.75. The molecule has 4 nitrogen and oxygen atoms in total. The van der Waals surface area contributed by atoms with Crippen molar-refractivity contribution in [2.75, 3.05) is 0 Å². The third-order valence-corrected chi connectivity index (χ3v) is 4.60. The molecule has 0 aromatic carbocycles. The number of rotatable bonds is 0. The molecule has 8 heteroatoms. The maximum atomic E-state index is 5.85. The second-order valence-corrected chi connectivity index (χ2v) is 7.98. The molecule has 0 fully saturated rings. The van der Waals surface area contributed by atoms with Crippen LogP contribution in [0.5, 0.6) is 0 Å². The van der Waals surface area contributed by atoms with Gasteiger partial charge in [-0.05, 0) is 6.42 Å². The zero-order chi connectivity index (χ0) is 11.5. The van der Waals surface area contributed by atoms with Crippen LogP contribution in [0.3, 0.4) is 0 Å². The highest BCUT2D eigenvalue weighted by Crippen LogP contribution is 2.46. The van der Waals surface area contributed by atoms with Gasteiger partial charge in [-0.15, -0.1) is 0 Å². The summed E-state index contributed by atoms with van der Waals surface area (Å²) in [6.45, 7) is 0.814. The van der Waals surface area contributed by atoms with Crippen molar-refractivity contribution in [2.24, 2.45) is 0 Å². The Balaban J connectivity index is 2.36. The van der Waals surface area contributed by atoms with E-state index in [1.165, 1.54) is 0 Å². The summed E-state index contributed by atoms with van der Waals surface area (Å²) < 4.78 is 1.68. The Morgan fingerprint density at radius 3 is 2.56 bits per heavy atom. The average Bonchev–Trinajstić information content (AvgIpc) is 2.68. The number of hydrogen-bond acceptors (Lipinski definition) is 3. The first-order chi connectivity index (χ1) is 7.49. The lowest BCUT2D eigenvalue weighted by atomic mass is 10.3. The zero-order valence-electron chi connectivity index (χ0n) is 7.71. The van der Waals surface area contributed by atoms with Crippen LogP contribution in [0, 0.1) is 0 Å². The molecular weight excluding hydrogens is 383 g/mol. The molecule has 16 heavy (non-hydrogen) atoms. The first kappa shape index (κ1) is 11.2. The van der Waals surface area contributed by atoms with Crippen LogP contribution < -0.4 is 0 Å². The molecule has 0 radical (unpaired) electrons. The maximum absolute atomic E-state index is 5.85. The molecule has 0 amide bonds. The molecule has 3 rings (SSSR count). The Morgan fingerprint density at radius 2 is 1.81 bits per heavy atom. The van der Waals surface area contributed by atoms with Crippen molar-refractivity contribution >= 4 is 66.4 Å². The van der Waals surface area contributed by atoms with Crippen molar-refractivity contribution in [3.05, 3.63) is 16.1 Å². The van der Waals surface area contributed by atoms with Crippen LogP contribution in [-0.4, -0.2) is 19.5 Å². The van der Waals surface area contributed by atoms with Gasteiger partial charge >= 0.3 is 0 Å². The monoisotopic (exact) mass is 384 g/mol. The molecule has 0 spiro atoms. The lowest BCUT2D eigenvalue weighted by Gasteiger charge is -2.08. The van der Waals surface area contributed by atoms with E-state index in [4.69, 9.17) is 23.2 Å². The lowest BCUT2D eigenvalue weighted by molar-refractivity contribution is 0.755. The van der Waals surface area contributed by atoms with E-state index in [0.29, 0.717) is 11.3 Å². The van der Waals surface area contributed by atoms with Crippen LogP contribution in [0.2, 0.25) is 10.3 Å². The van der Waals surface area contributed by atoms with Gasteiger partial charge in [-0.25, -0.2) is 15.0 Å². The average molecular weight is 387 g/mol. The molecule has 1 aliphatic rings. The number of imidazole rings is 1. The number of alkyl halides is 2. The normalized spacial score (nSPS) is 18.0. The van der Waals surface area contributed by atoms with E-state index in [1.807, 2.05) is 4.57 Å². The SMILES string of the molecule is Clc1nc2nc3n(c2nc1Cl)CCC3(Br)Br. The number of fused-ring (bicyclic) bond motifs is 3. The molecule has 0 bridgehead atoms. The first-order valence-corrected chi connectivity index (χ1v) is 6.81. The summed E-state index contributed by atoms with van der Waals surface area (Å²) in [4.78, 5) is 12.7. The summed E-state index contributed by atoms with van der Waals surface area (Å²) in [6, 6.07) is 0. The molecular formula is C8H4Br2Cl2N4. The summed E-state index contributed by atoms with van der Waals surface area (Å²) in [5.74, 6) is 0.848. The fraction of sp³-hybridized carbons (Fsp3) is 0.375. The molecule has 1 aliphatic heterocycles. The Hall–Kier alpha value is 0.0900. The summed E-state index contributed by atoms with van der Waals surface area (Å²) in [5, 5.41) is 0.388. The van der Waals surface area contributed by atoms with Crippen molar-refractivity contribution in [2.45, 2.75) is 16.2 Å². The molecule has 3 heterocycles. The standard InChI is InChI=1S/C8H4Br2Cl2N4/c9-8(10)1-2-16-6-5(15-7(8)16)13-3(11)4(12)14-6/h1-2H2. The number of aryl methyl sites for hydroxylation is 1. The summed E-state index contributed by atoms with van der Waals surface area (Å²) >= 11 is 18.8. The number of nitrogens with zero attached hydrogens (tertiary/aromatic N) is 4. The third kappa shape index (κ3) is 1.50. The van der Waals surface area contributed by atoms with Gasteiger partial charge < -0.3 is 4.57 Å². The van der Waals surface area contributed by atoms with Crippen LogP contribution in [0.4, 0.5) is 0 Å². The number of hydrogen-bond donors (Lipinski definition) is 0. The van der Waals surface area contributed by atoms with E-state index >= 15 is 0 Å². The van der Waals surface area contributed by atoms with Gasteiger partial charge in [-0.1, -0.05) is 55.1 Å². The van der Waals surface area contributed by atoms with Crippen molar-refractivity contribution in [3.63, 3.8) is 0 Å². The summed E-state index contributed by atoms with van der Waals surface area (Å²) in [5.41, 5.74) is 1.19. The highest BCUT2D eigenvalue weighted by molar-refractivity contribution is 9.24. The van der Waals surface area contributed by atoms with Crippen LogP contribution in [0.1, 0.15) is 12.2 Å². The minimum atomic E-state index is -0.304. The molecule has 0 saturated carbocycles. The minimum Gasteiger partial charge on any atom is -0.309 e. The van der Waals surface area contributed by atoms with Gasteiger partial charge in [0.25, 0.3) is 0 Å². The molecule has 2 aromatic rings. The van der Waals surface area contributed by atoms with E-state index in [9.17, 15) is 0 Å². The number of halogens is 4. The van der Waals surface area contributed by atoms with E-state index in [2.05, 4.69) is 46.8 Å². The minimum absolute atomic E-state index is 0.181. The number of aromatic nitrogens is 4. The molecule has 0 unspecified atom stereocenters. The Kier molecular flexibility index (Phi) is 2.48. The van der Waals surface area contributed by atoms with Gasteiger partial charge in [0.05, 0.1) is 0 Å². The predicted octanol–water partition coefficient (Wildman–Crippen LogP) is 3.48. The fourth-order valence-corrected chi connectivity index (χ4v) is 2.95. The van der Waals surface area contributed by atoms with Gasteiger partial charge in [0.15, 0.2) is 21.6 Å². The van der Waals surface area contributed by atoms with Crippen molar-refractivity contribution in [1.82, 2.24) is 19.5 Å². The molecule has 2 aromatic heterocycles. The smallest absolute Gasteiger partial charge is 0.199 e. The van der Waals surface area contributed by atoms with Crippen LogP contribution in [-0.2, 0) is 9.78 Å². The van der Waals surface area contributed by atoms with Crippen molar-refractivity contribution < 1.29 is 0 Å². The van der Waals surface area contributed by atoms with Gasteiger partial charge in [0, 0.05) is 6.54 Å². The van der Waals surface area contributed by atoms with Crippen LogP contribution >= 0.6 is 55.1 Å². The lowest BCUT2D eigenvalue weighted by Crippen LogP contribution is -2.04. The Morgan fingerprint density at radius 1 is 1.12 bits per heavy atom. The van der Waals surface area contributed by atoms with Gasteiger partial charge in [-0.2, -0.15) is 0 Å². The van der Waals surface area contributed by atoms with E-state index < -0.39 is 0 Å². The molecule has 0 atom stereocenters. The summed E-state index contributed by atoms with van der Waals surface area (Å²) in [7, 11) is 0. The highest BCUT2D eigenvalue weighted by Gasteiger charge is 2.38. The topological polar surface area (TPSA) is 43.6 Å². The highest BCUT2D eigenvalue weighted by atomic mass is 79.9. The summed E-state index contributed by atoms with van der Waals surface area (Å²) in [6.07, 6.45) is 0.896. The van der Waals surface area contributed by atoms with E-state index in [0.717, 1.165) is 18.8 Å². The molecule has 0 aliphatic carbocycles. The Labute approximate surface area is 118 Å². The first-order valence-electron chi connectivity index (χ1n) is 4.46. The van der Waals surface area contributed by atoms with E-state index in [-0.39, 0.29) is 13.5 Å². The maximum Gasteiger partial charge on any atom is 0.199 e. The van der Waals surface area contributed by atoms with Gasteiger partial charge in [0.2, 0.25) is 0 Å². The van der Waals surface area contributed by atoms with Gasteiger partial charge in [-0.3, -0.25) is 0 Å². The van der Waals surface area contributed by atoms with Gasteiger partial charge in [0.1, 0.15) is 9.06 Å².